The van der Waals surface area contributed by atoms with Crippen molar-refractivity contribution >= 4 is 17.7 Å². The molecule has 152 valence electrons. The molecule has 0 N–H and O–H groups in total. The number of amides is 2. The molecule has 0 saturated carbocycles. The van der Waals surface area contributed by atoms with Gasteiger partial charge in [0.15, 0.2) is 11.6 Å². The van der Waals surface area contributed by atoms with Gasteiger partial charge in [-0.15, -0.1) is 0 Å². The van der Waals surface area contributed by atoms with Crippen LogP contribution in [-0.2, 0) is 9.53 Å². The van der Waals surface area contributed by atoms with Crippen LogP contribution < -0.4 is 4.74 Å². The van der Waals surface area contributed by atoms with Gasteiger partial charge in [0.05, 0.1) is 16.6 Å². The van der Waals surface area contributed by atoms with Crippen molar-refractivity contribution in [2.45, 2.75) is 25.5 Å². The van der Waals surface area contributed by atoms with Gasteiger partial charge in [-0.3, -0.25) is 14.9 Å². The van der Waals surface area contributed by atoms with Gasteiger partial charge < -0.3 is 9.47 Å². The SMILES string of the molecule is CC1(C)OCC(=O)N(C(=O)Oc2ccccc2[N+](=O)[O-])C1c1ccc(F)c(F)c1. The molecule has 2 amide bonds. The van der Waals surface area contributed by atoms with Crippen LogP contribution in [0.1, 0.15) is 25.5 Å². The van der Waals surface area contributed by atoms with E-state index in [1.54, 1.807) is 13.8 Å². The molecule has 0 aromatic heterocycles. The Kier molecular flexibility index (Phi) is 5.29. The van der Waals surface area contributed by atoms with Crippen molar-refractivity contribution < 1.29 is 32.8 Å². The third-order valence-corrected chi connectivity index (χ3v) is 4.47. The zero-order chi connectivity index (χ0) is 21.3. The van der Waals surface area contributed by atoms with Gasteiger partial charge in [-0.05, 0) is 37.6 Å². The van der Waals surface area contributed by atoms with E-state index in [1.165, 1.54) is 24.3 Å². The molecule has 1 unspecified atom stereocenters. The highest BCUT2D eigenvalue weighted by atomic mass is 19.2. The summed E-state index contributed by atoms with van der Waals surface area (Å²) < 4.78 is 37.7. The normalized spacial score (nSPS) is 18.4. The molecule has 2 aromatic carbocycles. The molecule has 8 nitrogen and oxygen atoms in total. The van der Waals surface area contributed by atoms with Crippen LogP contribution in [0.2, 0.25) is 0 Å². The molecule has 2 aromatic rings. The molecule has 1 saturated heterocycles. The molecule has 0 aliphatic carbocycles. The topological polar surface area (TPSA) is 99.0 Å². The number of para-hydroxylation sites is 2. The van der Waals surface area contributed by atoms with Crippen molar-refractivity contribution in [1.82, 2.24) is 4.90 Å². The van der Waals surface area contributed by atoms with E-state index in [2.05, 4.69) is 0 Å². The van der Waals surface area contributed by atoms with E-state index in [0.717, 1.165) is 18.2 Å². The fourth-order valence-corrected chi connectivity index (χ4v) is 3.13. The molecule has 1 atom stereocenters. The van der Waals surface area contributed by atoms with Crippen molar-refractivity contribution in [3.05, 3.63) is 69.8 Å². The van der Waals surface area contributed by atoms with Gasteiger partial charge in [0, 0.05) is 6.07 Å². The van der Waals surface area contributed by atoms with Crippen LogP contribution >= 0.6 is 0 Å². The molecule has 1 aliphatic heterocycles. The highest BCUT2D eigenvalue weighted by Gasteiger charge is 2.47. The average Bonchev–Trinajstić information content (AvgIpc) is 2.66. The number of ether oxygens (including phenoxy) is 2. The second-order valence-corrected chi connectivity index (χ2v) is 6.82. The Balaban J connectivity index is 2.01. The van der Waals surface area contributed by atoms with Crippen molar-refractivity contribution in [3.8, 4) is 5.75 Å². The Bertz CT molecular complexity index is 994. The molecule has 3 rings (SSSR count). The van der Waals surface area contributed by atoms with E-state index in [-0.39, 0.29) is 11.3 Å². The summed E-state index contributed by atoms with van der Waals surface area (Å²) in [5.74, 6) is -3.40. The van der Waals surface area contributed by atoms with E-state index < -0.39 is 52.5 Å². The van der Waals surface area contributed by atoms with E-state index in [4.69, 9.17) is 9.47 Å². The number of nitro benzene ring substituents is 1. The first kappa shape index (κ1) is 20.3. The molecule has 0 spiro atoms. The minimum Gasteiger partial charge on any atom is -0.402 e. The Morgan fingerprint density at radius 2 is 1.93 bits per heavy atom. The van der Waals surface area contributed by atoms with E-state index in [9.17, 15) is 28.5 Å². The summed E-state index contributed by atoms with van der Waals surface area (Å²) in [4.78, 5) is 36.4. The largest absolute Gasteiger partial charge is 0.422 e. The molecule has 10 heteroatoms. The quantitative estimate of drug-likeness (QED) is 0.569. The van der Waals surface area contributed by atoms with Gasteiger partial charge in [-0.1, -0.05) is 18.2 Å². The summed E-state index contributed by atoms with van der Waals surface area (Å²) >= 11 is 0. The molecule has 0 radical (unpaired) electrons. The predicted octanol–water partition coefficient (Wildman–Crippen LogP) is 3.75. The van der Waals surface area contributed by atoms with Crippen LogP contribution in [-0.4, -0.2) is 34.0 Å². The minimum absolute atomic E-state index is 0.0986. The Morgan fingerprint density at radius 1 is 1.24 bits per heavy atom. The zero-order valence-corrected chi connectivity index (χ0v) is 15.4. The second-order valence-electron chi connectivity index (χ2n) is 6.82. The fourth-order valence-electron chi connectivity index (χ4n) is 3.13. The Labute approximate surface area is 163 Å². The number of carbonyl (C=O) groups is 2. The predicted molar refractivity (Wildman–Crippen MR) is 95.1 cm³/mol. The third kappa shape index (κ3) is 3.92. The Hall–Kier alpha value is -3.40. The van der Waals surface area contributed by atoms with Crippen LogP contribution in [0, 0.1) is 21.7 Å². The maximum Gasteiger partial charge on any atom is 0.422 e. The summed E-state index contributed by atoms with van der Waals surface area (Å²) in [5.41, 5.74) is -1.54. The lowest BCUT2D eigenvalue weighted by Crippen LogP contribution is -2.56. The number of hydrogen-bond donors (Lipinski definition) is 0. The van der Waals surface area contributed by atoms with Crippen molar-refractivity contribution in [2.24, 2.45) is 0 Å². The number of imide groups is 1. The van der Waals surface area contributed by atoms with Crippen molar-refractivity contribution in [3.63, 3.8) is 0 Å². The van der Waals surface area contributed by atoms with Crippen molar-refractivity contribution in [1.29, 1.82) is 0 Å². The molecule has 1 aliphatic rings. The summed E-state index contributed by atoms with van der Waals surface area (Å²) in [5, 5.41) is 11.1. The zero-order valence-electron chi connectivity index (χ0n) is 15.4. The van der Waals surface area contributed by atoms with Gasteiger partial charge in [-0.2, -0.15) is 0 Å². The smallest absolute Gasteiger partial charge is 0.402 e. The molecule has 1 fully saturated rings. The average molecular weight is 406 g/mol. The lowest BCUT2D eigenvalue weighted by atomic mass is 9.88. The van der Waals surface area contributed by atoms with Crippen LogP contribution in [0.4, 0.5) is 19.3 Å². The van der Waals surface area contributed by atoms with Crippen LogP contribution in [0.5, 0.6) is 5.75 Å². The van der Waals surface area contributed by atoms with Crippen molar-refractivity contribution in [2.75, 3.05) is 6.61 Å². The number of morpholine rings is 1. The summed E-state index contributed by atoms with van der Waals surface area (Å²) in [6.07, 6.45) is -1.20. The number of nitrogens with zero attached hydrogens (tertiary/aromatic N) is 2. The molecular weight excluding hydrogens is 390 g/mol. The maximum atomic E-state index is 13.8. The number of rotatable bonds is 3. The number of benzene rings is 2. The van der Waals surface area contributed by atoms with Crippen LogP contribution in [0.3, 0.4) is 0 Å². The van der Waals surface area contributed by atoms with Gasteiger partial charge in [-0.25, -0.2) is 18.5 Å². The van der Waals surface area contributed by atoms with Gasteiger partial charge in [0.2, 0.25) is 5.75 Å². The monoisotopic (exact) mass is 406 g/mol. The van der Waals surface area contributed by atoms with E-state index >= 15 is 0 Å². The minimum atomic E-state index is -1.20. The number of carbonyl (C=O) groups excluding carboxylic acids is 2. The number of hydrogen-bond acceptors (Lipinski definition) is 6. The number of halogens is 2. The molecule has 1 heterocycles. The molecular formula is C19H16F2N2O6. The van der Waals surface area contributed by atoms with Crippen LogP contribution in [0.15, 0.2) is 42.5 Å². The first-order valence-electron chi connectivity index (χ1n) is 8.48. The summed E-state index contributed by atoms with van der Waals surface area (Å²) in [6.45, 7) is 2.67. The summed E-state index contributed by atoms with van der Waals surface area (Å²) in [6, 6.07) is 6.95. The lowest BCUT2D eigenvalue weighted by molar-refractivity contribution is -0.385. The highest BCUT2D eigenvalue weighted by molar-refractivity contribution is 5.95. The molecule has 0 bridgehead atoms. The van der Waals surface area contributed by atoms with Gasteiger partial charge in [0.1, 0.15) is 6.61 Å². The third-order valence-electron chi connectivity index (χ3n) is 4.47. The first-order valence-corrected chi connectivity index (χ1v) is 8.48. The maximum absolute atomic E-state index is 13.8. The second kappa shape index (κ2) is 7.55. The highest BCUT2D eigenvalue weighted by Crippen LogP contribution is 2.39. The standard InChI is InChI=1S/C19H16F2N2O6/c1-19(2)17(11-7-8-12(20)13(21)9-11)22(16(24)10-28-19)18(25)29-15-6-4-3-5-14(15)23(26)27/h3-9,17H,10H2,1-2H3. The lowest BCUT2D eigenvalue weighted by Gasteiger charge is -2.44. The van der Waals surface area contributed by atoms with Crippen LogP contribution in [0.25, 0.3) is 0 Å². The number of nitro groups is 1. The van der Waals surface area contributed by atoms with Gasteiger partial charge >= 0.3 is 11.8 Å². The van der Waals surface area contributed by atoms with E-state index in [0.29, 0.717) is 4.90 Å². The van der Waals surface area contributed by atoms with E-state index in [1.807, 2.05) is 0 Å². The van der Waals surface area contributed by atoms with Gasteiger partial charge in [0.25, 0.3) is 5.91 Å². The molecule has 29 heavy (non-hydrogen) atoms. The summed E-state index contributed by atoms with van der Waals surface area (Å²) in [7, 11) is 0. The Morgan fingerprint density at radius 3 is 2.59 bits per heavy atom. The first-order chi connectivity index (χ1) is 13.6. The fraction of sp³-hybridized carbons (Fsp3) is 0.263.